The molecule has 0 spiro atoms. The van der Waals surface area contributed by atoms with Crippen molar-refractivity contribution in [1.29, 1.82) is 0 Å². The van der Waals surface area contributed by atoms with E-state index in [0.717, 1.165) is 31.9 Å². The highest BCUT2D eigenvalue weighted by molar-refractivity contribution is 9.10. The first-order valence-electron chi connectivity index (χ1n) is 8.57. The van der Waals surface area contributed by atoms with Gasteiger partial charge in [-0.25, -0.2) is 0 Å². The number of amides is 1. The monoisotopic (exact) mass is 423 g/mol. The maximum absolute atomic E-state index is 12.9. The van der Waals surface area contributed by atoms with Crippen LogP contribution in [0, 0.1) is 0 Å². The van der Waals surface area contributed by atoms with Gasteiger partial charge in [-0.2, -0.15) is 5.10 Å². The van der Waals surface area contributed by atoms with Crippen molar-refractivity contribution in [1.82, 2.24) is 15.5 Å². The number of benzene rings is 3. The second kappa shape index (κ2) is 7.04. The molecule has 136 valence electrons. The third-order valence-corrected chi connectivity index (χ3v) is 5.41. The number of H-pyrrole nitrogens is 1. The Balaban J connectivity index is 1.66. The van der Waals surface area contributed by atoms with Crippen molar-refractivity contribution in [2.45, 2.75) is 13.0 Å². The lowest BCUT2D eigenvalue weighted by molar-refractivity contribution is 0.0941. The zero-order valence-electron chi connectivity index (χ0n) is 14.9. The molecule has 4 aromatic rings. The van der Waals surface area contributed by atoms with Gasteiger partial charge in [0, 0.05) is 15.2 Å². The van der Waals surface area contributed by atoms with Crippen molar-refractivity contribution in [2.24, 2.45) is 0 Å². The van der Waals surface area contributed by atoms with Gasteiger partial charge in [0.15, 0.2) is 0 Å². The summed E-state index contributed by atoms with van der Waals surface area (Å²) in [5.74, 6) is 0.639. The van der Waals surface area contributed by atoms with Gasteiger partial charge < -0.3 is 10.1 Å². The number of hydrogen-bond donors (Lipinski definition) is 2. The lowest BCUT2D eigenvalue weighted by Gasteiger charge is -2.17. The van der Waals surface area contributed by atoms with E-state index in [0.29, 0.717) is 11.1 Å². The number of carbonyl (C=O) groups is 1. The summed E-state index contributed by atoms with van der Waals surface area (Å²) in [4.78, 5) is 12.9. The van der Waals surface area contributed by atoms with Gasteiger partial charge in [-0.05, 0) is 42.1 Å². The lowest BCUT2D eigenvalue weighted by Crippen LogP contribution is -2.27. The Labute approximate surface area is 164 Å². The van der Waals surface area contributed by atoms with Gasteiger partial charge in [-0.3, -0.25) is 9.89 Å². The topological polar surface area (TPSA) is 67.0 Å². The molecule has 1 atom stereocenters. The average molecular weight is 424 g/mol. The third-order valence-electron chi connectivity index (χ3n) is 4.72. The number of nitrogens with zero attached hydrogens (tertiary/aromatic N) is 1. The third kappa shape index (κ3) is 3.17. The highest BCUT2D eigenvalue weighted by atomic mass is 79.9. The van der Waals surface area contributed by atoms with Crippen LogP contribution in [0.15, 0.2) is 59.2 Å². The Morgan fingerprint density at radius 2 is 2.00 bits per heavy atom. The van der Waals surface area contributed by atoms with Crippen LogP contribution in [-0.2, 0) is 0 Å². The summed E-state index contributed by atoms with van der Waals surface area (Å²) in [6.45, 7) is 1.96. The molecule has 0 fully saturated rings. The molecule has 0 saturated carbocycles. The minimum Gasteiger partial charge on any atom is -0.496 e. The number of rotatable bonds is 4. The maximum atomic E-state index is 12.9. The van der Waals surface area contributed by atoms with Crippen LogP contribution in [0.1, 0.15) is 28.9 Å². The molecule has 3 aromatic carbocycles. The zero-order chi connectivity index (χ0) is 19.0. The van der Waals surface area contributed by atoms with Gasteiger partial charge in [0.05, 0.1) is 30.4 Å². The number of fused-ring (bicyclic) bond motifs is 2. The normalized spacial score (nSPS) is 12.3. The Kier molecular flexibility index (Phi) is 4.58. The first kappa shape index (κ1) is 17.5. The van der Waals surface area contributed by atoms with Gasteiger partial charge in [-0.1, -0.05) is 40.2 Å². The zero-order valence-corrected chi connectivity index (χ0v) is 16.5. The van der Waals surface area contributed by atoms with Gasteiger partial charge in [-0.15, -0.1) is 0 Å². The molecule has 4 rings (SSSR count). The van der Waals surface area contributed by atoms with E-state index in [1.807, 2.05) is 43.3 Å². The summed E-state index contributed by atoms with van der Waals surface area (Å²) in [6, 6.07) is 15.6. The molecule has 1 aromatic heterocycles. The van der Waals surface area contributed by atoms with Crippen molar-refractivity contribution < 1.29 is 9.53 Å². The Hall–Kier alpha value is -2.86. The molecule has 0 aliphatic carbocycles. The molecule has 0 aliphatic heterocycles. The number of hydrogen-bond acceptors (Lipinski definition) is 3. The highest BCUT2D eigenvalue weighted by Gasteiger charge is 2.17. The standard InChI is InChI=1S/C21H18BrN3O2/c1-12(14-9-13-5-3-4-6-15(13)19(10-14)27-2)24-21(26)16-7-8-18(22)17-11-23-25-20(16)17/h3-12H,1-2H3,(H,23,25)(H,24,26). The van der Waals surface area contributed by atoms with Crippen LogP contribution in [0.25, 0.3) is 21.7 Å². The predicted molar refractivity (Wildman–Crippen MR) is 110 cm³/mol. The van der Waals surface area contributed by atoms with Crippen LogP contribution in [0.3, 0.4) is 0 Å². The molecular weight excluding hydrogens is 406 g/mol. The van der Waals surface area contributed by atoms with Crippen molar-refractivity contribution in [3.63, 3.8) is 0 Å². The minimum absolute atomic E-state index is 0.156. The van der Waals surface area contributed by atoms with E-state index in [4.69, 9.17) is 4.74 Å². The van der Waals surface area contributed by atoms with Crippen molar-refractivity contribution in [3.05, 3.63) is 70.3 Å². The molecule has 1 amide bonds. The van der Waals surface area contributed by atoms with Crippen LogP contribution < -0.4 is 10.1 Å². The van der Waals surface area contributed by atoms with Crippen molar-refractivity contribution in [3.8, 4) is 5.75 Å². The van der Waals surface area contributed by atoms with Gasteiger partial charge >= 0.3 is 0 Å². The first-order chi connectivity index (χ1) is 13.1. The predicted octanol–water partition coefficient (Wildman–Crippen LogP) is 4.98. The quantitative estimate of drug-likeness (QED) is 0.486. The Bertz CT molecular complexity index is 1150. The largest absolute Gasteiger partial charge is 0.496 e. The SMILES string of the molecule is COc1cc(C(C)NC(=O)c2ccc(Br)c3cn[nH]c23)cc2ccccc12. The average Bonchev–Trinajstić information content (AvgIpc) is 3.18. The van der Waals surface area contributed by atoms with Crippen LogP contribution in [0.5, 0.6) is 5.75 Å². The molecular formula is C21H18BrN3O2. The number of halogens is 1. The molecule has 0 bridgehead atoms. The number of nitrogens with one attached hydrogen (secondary N) is 2. The highest BCUT2D eigenvalue weighted by Crippen LogP contribution is 2.30. The summed E-state index contributed by atoms with van der Waals surface area (Å²) in [5.41, 5.74) is 2.26. The second-order valence-electron chi connectivity index (χ2n) is 6.39. The summed E-state index contributed by atoms with van der Waals surface area (Å²) in [7, 11) is 1.66. The van der Waals surface area contributed by atoms with E-state index in [9.17, 15) is 4.79 Å². The summed E-state index contributed by atoms with van der Waals surface area (Å²) >= 11 is 3.48. The Morgan fingerprint density at radius 3 is 2.81 bits per heavy atom. The van der Waals surface area contributed by atoms with E-state index in [2.05, 4.69) is 37.5 Å². The molecule has 0 radical (unpaired) electrons. The van der Waals surface area contributed by atoms with E-state index in [-0.39, 0.29) is 11.9 Å². The molecule has 1 unspecified atom stereocenters. The van der Waals surface area contributed by atoms with E-state index in [1.165, 1.54) is 0 Å². The number of methoxy groups -OCH3 is 1. The number of carbonyl (C=O) groups excluding carboxylic acids is 1. The smallest absolute Gasteiger partial charge is 0.253 e. The molecule has 2 N–H and O–H groups in total. The number of aromatic amines is 1. The van der Waals surface area contributed by atoms with E-state index >= 15 is 0 Å². The Morgan fingerprint density at radius 1 is 1.19 bits per heavy atom. The molecule has 27 heavy (non-hydrogen) atoms. The molecule has 1 heterocycles. The van der Waals surface area contributed by atoms with Crippen molar-refractivity contribution in [2.75, 3.05) is 7.11 Å². The maximum Gasteiger partial charge on any atom is 0.253 e. The fraction of sp³-hybridized carbons (Fsp3) is 0.143. The molecule has 5 nitrogen and oxygen atoms in total. The van der Waals surface area contributed by atoms with Crippen molar-refractivity contribution >= 4 is 43.5 Å². The fourth-order valence-electron chi connectivity index (χ4n) is 3.27. The van der Waals surface area contributed by atoms with Gasteiger partial charge in [0.1, 0.15) is 5.75 Å². The minimum atomic E-state index is -0.183. The fourth-order valence-corrected chi connectivity index (χ4v) is 3.70. The summed E-state index contributed by atoms with van der Waals surface area (Å²) in [5, 5.41) is 13.0. The van der Waals surface area contributed by atoms with Gasteiger partial charge in [0.2, 0.25) is 0 Å². The van der Waals surface area contributed by atoms with E-state index < -0.39 is 0 Å². The molecule has 0 aliphatic rings. The second-order valence-corrected chi connectivity index (χ2v) is 7.25. The lowest BCUT2D eigenvalue weighted by atomic mass is 10.0. The van der Waals surface area contributed by atoms with E-state index in [1.54, 1.807) is 19.4 Å². The van der Waals surface area contributed by atoms with Crippen LogP contribution >= 0.6 is 15.9 Å². The number of ether oxygens (including phenoxy) is 1. The summed E-state index contributed by atoms with van der Waals surface area (Å²) in [6.07, 6.45) is 1.70. The van der Waals surface area contributed by atoms with Gasteiger partial charge in [0.25, 0.3) is 5.91 Å². The van der Waals surface area contributed by atoms with Crippen LogP contribution in [0.4, 0.5) is 0 Å². The van der Waals surface area contributed by atoms with Crippen LogP contribution in [-0.4, -0.2) is 23.2 Å². The molecule has 0 saturated heterocycles. The summed E-state index contributed by atoms with van der Waals surface area (Å²) < 4.78 is 6.44. The van der Waals surface area contributed by atoms with Crippen LogP contribution in [0.2, 0.25) is 0 Å². The first-order valence-corrected chi connectivity index (χ1v) is 9.37. The number of aromatic nitrogens is 2. The molecule has 6 heteroatoms.